The second-order valence-electron chi connectivity index (χ2n) is 7.04. The van der Waals surface area contributed by atoms with E-state index >= 15 is 0 Å². The molecule has 0 radical (unpaired) electrons. The summed E-state index contributed by atoms with van der Waals surface area (Å²) in [5, 5.41) is 23.0. The molecule has 2 aliphatic heterocycles. The number of carboxylic acid groups (broad SMARTS) is 1. The van der Waals surface area contributed by atoms with E-state index in [9.17, 15) is 24.6 Å². The summed E-state index contributed by atoms with van der Waals surface area (Å²) in [5.74, 6) is -4.29. The van der Waals surface area contributed by atoms with Gasteiger partial charge in [-0.15, -0.1) is 0 Å². The molecule has 2 saturated heterocycles. The number of phenolic OH excluding ortho intramolecular Hbond substituents is 1. The van der Waals surface area contributed by atoms with E-state index in [0.717, 1.165) is 4.90 Å². The Bertz CT molecular complexity index is 944. The van der Waals surface area contributed by atoms with E-state index < -0.39 is 41.2 Å². The third-order valence-corrected chi connectivity index (χ3v) is 5.52. The quantitative estimate of drug-likeness (QED) is 0.714. The number of phenols is 1. The van der Waals surface area contributed by atoms with Crippen LogP contribution in [0.5, 0.6) is 5.75 Å². The maximum absolute atomic E-state index is 13.2. The van der Waals surface area contributed by atoms with E-state index in [1.807, 2.05) is 0 Å². The number of hydrogen-bond donors (Lipinski definition) is 3. The molecule has 0 aromatic heterocycles. The highest BCUT2D eigenvalue weighted by atomic mass is 16.4. The van der Waals surface area contributed by atoms with Gasteiger partial charge in [0.25, 0.3) is 0 Å². The maximum atomic E-state index is 13.2. The Hall–Kier alpha value is -3.19. The molecule has 2 aromatic carbocycles. The molecule has 2 amide bonds. The lowest BCUT2D eigenvalue weighted by molar-refractivity contribution is -0.147. The number of nitrogens with one attached hydrogen (secondary N) is 1. The highest BCUT2D eigenvalue weighted by molar-refractivity contribution is 6.24. The minimum absolute atomic E-state index is 0.0539. The highest BCUT2D eigenvalue weighted by Gasteiger charge is 2.67. The molecule has 0 bridgehead atoms. The first-order chi connectivity index (χ1) is 12.9. The van der Waals surface area contributed by atoms with Crippen LogP contribution in [0.1, 0.15) is 18.5 Å². The van der Waals surface area contributed by atoms with Gasteiger partial charge in [-0.3, -0.25) is 19.7 Å². The zero-order valence-electron chi connectivity index (χ0n) is 14.5. The predicted molar refractivity (Wildman–Crippen MR) is 95.9 cm³/mol. The minimum atomic E-state index is -1.63. The van der Waals surface area contributed by atoms with Crippen molar-refractivity contribution in [2.75, 3.05) is 4.90 Å². The Morgan fingerprint density at radius 3 is 2.30 bits per heavy atom. The SMILES string of the molecule is C[C@@]1(C(=O)O)N[C@H](c2ccccc2O)[C@H]2C(=O)N(c3ccccc3)C(=O)[C@@H]21. The van der Waals surface area contributed by atoms with Crippen LogP contribution in [0.25, 0.3) is 0 Å². The van der Waals surface area contributed by atoms with Crippen LogP contribution in [-0.4, -0.2) is 33.5 Å². The number of carboxylic acids is 1. The van der Waals surface area contributed by atoms with E-state index in [2.05, 4.69) is 5.32 Å². The summed E-state index contributed by atoms with van der Waals surface area (Å²) >= 11 is 0. The van der Waals surface area contributed by atoms with Crippen LogP contribution in [0.4, 0.5) is 5.69 Å². The van der Waals surface area contributed by atoms with Crippen LogP contribution in [0.15, 0.2) is 54.6 Å². The number of fused-ring (bicyclic) bond motifs is 1. The zero-order chi connectivity index (χ0) is 19.3. The molecule has 138 valence electrons. The number of carbonyl (C=O) groups excluding carboxylic acids is 2. The van der Waals surface area contributed by atoms with Gasteiger partial charge in [-0.1, -0.05) is 36.4 Å². The van der Waals surface area contributed by atoms with E-state index in [0.29, 0.717) is 11.3 Å². The summed E-state index contributed by atoms with van der Waals surface area (Å²) < 4.78 is 0. The summed E-state index contributed by atoms with van der Waals surface area (Å²) in [4.78, 5) is 39.4. The van der Waals surface area contributed by atoms with Crippen molar-refractivity contribution < 1.29 is 24.6 Å². The van der Waals surface area contributed by atoms with Crippen molar-refractivity contribution in [1.29, 1.82) is 0 Å². The third kappa shape index (κ3) is 2.35. The number of nitrogens with zero attached hydrogens (tertiary/aromatic N) is 1. The Balaban J connectivity index is 1.85. The average molecular weight is 366 g/mol. The molecule has 4 rings (SSSR count). The van der Waals surface area contributed by atoms with Crippen molar-refractivity contribution in [2.45, 2.75) is 18.5 Å². The monoisotopic (exact) mass is 366 g/mol. The van der Waals surface area contributed by atoms with Crippen molar-refractivity contribution in [3.05, 3.63) is 60.2 Å². The van der Waals surface area contributed by atoms with E-state index in [-0.39, 0.29) is 5.75 Å². The van der Waals surface area contributed by atoms with Gasteiger partial charge in [0.05, 0.1) is 17.5 Å². The van der Waals surface area contributed by atoms with E-state index in [1.54, 1.807) is 48.5 Å². The summed E-state index contributed by atoms with van der Waals surface area (Å²) in [6, 6.07) is 14.1. The van der Waals surface area contributed by atoms with E-state index in [4.69, 9.17) is 0 Å². The number of aliphatic carboxylic acids is 1. The van der Waals surface area contributed by atoms with Crippen LogP contribution < -0.4 is 10.2 Å². The van der Waals surface area contributed by atoms with Gasteiger partial charge < -0.3 is 10.2 Å². The fourth-order valence-corrected chi connectivity index (χ4v) is 4.18. The molecule has 27 heavy (non-hydrogen) atoms. The molecule has 2 aromatic rings. The molecule has 7 nitrogen and oxygen atoms in total. The minimum Gasteiger partial charge on any atom is -0.508 e. The molecule has 0 unspecified atom stereocenters. The van der Waals surface area contributed by atoms with Gasteiger partial charge in [0.1, 0.15) is 11.3 Å². The van der Waals surface area contributed by atoms with Crippen molar-refractivity contribution in [3.8, 4) is 5.75 Å². The number of imide groups is 1. The number of benzene rings is 2. The molecule has 4 atom stereocenters. The summed E-state index contributed by atoms with van der Waals surface area (Å²) in [6.07, 6.45) is 0. The van der Waals surface area contributed by atoms with Crippen LogP contribution >= 0.6 is 0 Å². The standard InChI is InChI=1S/C20H18N2O5/c1-20(19(26)27)15-14(16(21-20)12-9-5-6-10-13(12)23)17(24)22(18(15)25)11-7-3-2-4-8-11/h2-10,14-16,21,23H,1H3,(H,26,27)/t14-,15+,16+,20+/m0/s1. The number of hydrogen-bond acceptors (Lipinski definition) is 5. The maximum Gasteiger partial charge on any atom is 0.324 e. The number of carbonyl (C=O) groups is 3. The Morgan fingerprint density at radius 1 is 1.04 bits per heavy atom. The van der Waals surface area contributed by atoms with Gasteiger partial charge in [-0.25, -0.2) is 4.90 Å². The van der Waals surface area contributed by atoms with Crippen LogP contribution in [-0.2, 0) is 14.4 Å². The summed E-state index contributed by atoms with van der Waals surface area (Å²) in [7, 11) is 0. The van der Waals surface area contributed by atoms with Crippen LogP contribution in [0.3, 0.4) is 0 Å². The Morgan fingerprint density at radius 2 is 1.67 bits per heavy atom. The Kier molecular flexibility index (Phi) is 3.78. The van der Waals surface area contributed by atoms with Crippen LogP contribution in [0, 0.1) is 11.8 Å². The summed E-state index contributed by atoms with van der Waals surface area (Å²) in [6.45, 7) is 1.41. The number of rotatable bonds is 3. The normalized spacial score (nSPS) is 29.8. The van der Waals surface area contributed by atoms with Crippen molar-refractivity contribution in [3.63, 3.8) is 0 Å². The first kappa shape index (κ1) is 17.2. The molecule has 0 spiro atoms. The van der Waals surface area contributed by atoms with E-state index in [1.165, 1.54) is 13.0 Å². The molecule has 0 aliphatic carbocycles. The first-order valence-corrected chi connectivity index (χ1v) is 8.58. The lowest BCUT2D eigenvalue weighted by Crippen LogP contribution is -2.53. The topological polar surface area (TPSA) is 107 Å². The lowest BCUT2D eigenvalue weighted by atomic mass is 9.80. The highest BCUT2D eigenvalue weighted by Crippen LogP contribution is 2.50. The first-order valence-electron chi connectivity index (χ1n) is 8.58. The van der Waals surface area contributed by atoms with Gasteiger partial charge in [0.2, 0.25) is 11.8 Å². The largest absolute Gasteiger partial charge is 0.508 e. The fraction of sp³-hybridized carbons (Fsp3) is 0.250. The molecular weight excluding hydrogens is 348 g/mol. The van der Waals surface area contributed by atoms with Gasteiger partial charge in [0.15, 0.2) is 0 Å². The molecule has 7 heteroatoms. The van der Waals surface area contributed by atoms with Gasteiger partial charge in [0, 0.05) is 11.6 Å². The second-order valence-corrected chi connectivity index (χ2v) is 7.04. The lowest BCUT2D eigenvalue weighted by Gasteiger charge is -2.27. The average Bonchev–Trinajstić information content (AvgIpc) is 3.11. The van der Waals surface area contributed by atoms with Gasteiger partial charge in [-0.2, -0.15) is 0 Å². The number of amides is 2. The van der Waals surface area contributed by atoms with Crippen molar-refractivity contribution in [1.82, 2.24) is 5.32 Å². The second kappa shape index (κ2) is 5.92. The molecule has 3 N–H and O–H groups in total. The predicted octanol–water partition coefficient (Wildman–Crippen LogP) is 1.69. The molecule has 2 fully saturated rings. The third-order valence-electron chi connectivity index (χ3n) is 5.52. The number of para-hydroxylation sites is 2. The molecule has 2 aliphatic rings. The smallest absolute Gasteiger partial charge is 0.324 e. The van der Waals surface area contributed by atoms with Gasteiger partial charge >= 0.3 is 5.97 Å². The molecular formula is C20H18N2O5. The number of anilines is 1. The van der Waals surface area contributed by atoms with Gasteiger partial charge in [-0.05, 0) is 25.1 Å². The summed E-state index contributed by atoms with van der Waals surface area (Å²) in [5.41, 5.74) is -0.826. The fourth-order valence-electron chi connectivity index (χ4n) is 4.18. The molecule has 2 heterocycles. The van der Waals surface area contributed by atoms with Crippen molar-refractivity contribution >= 4 is 23.5 Å². The molecule has 0 saturated carbocycles. The van der Waals surface area contributed by atoms with Crippen LogP contribution in [0.2, 0.25) is 0 Å². The van der Waals surface area contributed by atoms with Crippen molar-refractivity contribution in [2.24, 2.45) is 11.8 Å². The number of aromatic hydroxyl groups is 1. The Labute approximate surface area is 155 Å². The zero-order valence-corrected chi connectivity index (χ0v) is 14.5.